The molecule has 0 atom stereocenters. The van der Waals surface area contributed by atoms with E-state index in [4.69, 9.17) is 5.11 Å². The maximum Gasteiger partial charge on any atom is 0.417 e. The van der Waals surface area contributed by atoms with Crippen LogP contribution in [-0.4, -0.2) is 35.0 Å². The molecule has 0 spiro atoms. The third kappa shape index (κ3) is 3.40. The lowest BCUT2D eigenvalue weighted by atomic mass is 9.87. The van der Waals surface area contributed by atoms with E-state index in [9.17, 15) is 22.8 Å². The smallest absolute Gasteiger partial charge is 0.417 e. The molecule has 1 heterocycles. The number of carbonyl (C=O) groups excluding carboxylic acids is 1. The van der Waals surface area contributed by atoms with Crippen LogP contribution in [0.2, 0.25) is 0 Å². The van der Waals surface area contributed by atoms with Crippen molar-refractivity contribution >= 4 is 11.9 Å². The fourth-order valence-electron chi connectivity index (χ4n) is 2.76. The number of hydrogen-bond donors (Lipinski definition) is 1. The van der Waals surface area contributed by atoms with Gasteiger partial charge in [0.15, 0.2) is 0 Å². The van der Waals surface area contributed by atoms with E-state index in [2.05, 4.69) is 0 Å². The van der Waals surface area contributed by atoms with Crippen molar-refractivity contribution in [3.63, 3.8) is 0 Å². The van der Waals surface area contributed by atoms with E-state index in [1.807, 2.05) is 0 Å². The Bertz CT molecular complexity index is 590. The maximum absolute atomic E-state index is 13.0. The number of alkyl halides is 3. The lowest BCUT2D eigenvalue weighted by Gasteiger charge is -2.31. The number of piperidine rings is 1. The Morgan fingerprint density at radius 1 is 1.23 bits per heavy atom. The summed E-state index contributed by atoms with van der Waals surface area (Å²) in [7, 11) is 0. The molecule has 1 saturated heterocycles. The van der Waals surface area contributed by atoms with Gasteiger partial charge >= 0.3 is 12.1 Å². The van der Waals surface area contributed by atoms with Gasteiger partial charge in [-0.1, -0.05) is 6.07 Å². The number of hydrogen-bond acceptors (Lipinski definition) is 2. The molecule has 0 unspecified atom stereocenters. The maximum atomic E-state index is 13.0. The van der Waals surface area contributed by atoms with Gasteiger partial charge in [-0.05, 0) is 36.5 Å². The first-order valence-corrected chi connectivity index (χ1v) is 6.90. The second-order valence-electron chi connectivity index (χ2n) is 5.39. The van der Waals surface area contributed by atoms with Crippen LogP contribution in [0.15, 0.2) is 18.2 Å². The average molecular weight is 315 g/mol. The highest BCUT2D eigenvalue weighted by Gasteiger charge is 2.36. The molecule has 7 heteroatoms. The predicted octanol–water partition coefficient (Wildman–Crippen LogP) is 3.13. The first-order valence-electron chi connectivity index (χ1n) is 6.90. The van der Waals surface area contributed by atoms with Crippen molar-refractivity contribution in [1.82, 2.24) is 4.90 Å². The van der Waals surface area contributed by atoms with Crippen molar-refractivity contribution in [3.05, 3.63) is 34.9 Å². The molecule has 1 aliphatic rings. The van der Waals surface area contributed by atoms with Crippen LogP contribution in [0.25, 0.3) is 0 Å². The summed E-state index contributed by atoms with van der Waals surface area (Å²) >= 11 is 0. The Hall–Kier alpha value is -2.05. The van der Waals surface area contributed by atoms with Crippen LogP contribution < -0.4 is 0 Å². The Kier molecular flexibility index (Phi) is 4.44. The molecule has 0 aliphatic carbocycles. The quantitative estimate of drug-likeness (QED) is 0.912. The molecule has 1 aromatic carbocycles. The summed E-state index contributed by atoms with van der Waals surface area (Å²) in [6.45, 7) is 2.47. The zero-order valence-corrected chi connectivity index (χ0v) is 12.0. The number of carbonyl (C=O) groups is 2. The summed E-state index contributed by atoms with van der Waals surface area (Å²) in [5.41, 5.74) is -1.38. The van der Waals surface area contributed by atoms with Gasteiger partial charge < -0.3 is 10.0 Å². The molecular formula is C15H16F3NO3. The van der Waals surface area contributed by atoms with Crippen molar-refractivity contribution in [2.45, 2.75) is 31.9 Å². The van der Waals surface area contributed by atoms with E-state index >= 15 is 0 Å². The Morgan fingerprint density at radius 2 is 1.82 bits per heavy atom. The monoisotopic (exact) mass is 315 g/mol. The lowest BCUT2D eigenvalue weighted by Crippen LogP contribution is -2.36. The number of carboxylic acid groups (broad SMARTS) is 1. The van der Waals surface area contributed by atoms with Crippen LogP contribution in [-0.2, 0) is 11.0 Å². The van der Waals surface area contributed by atoms with Crippen LogP contribution in [0, 0.1) is 0 Å². The molecule has 1 aliphatic heterocycles. The summed E-state index contributed by atoms with van der Waals surface area (Å²) < 4.78 is 39.0. The fraction of sp³-hybridized carbons (Fsp3) is 0.467. The highest BCUT2D eigenvalue weighted by atomic mass is 19.4. The first-order chi connectivity index (χ1) is 10.2. The van der Waals surface area contributed by atoms with Crippen LogP contribution in [0.3, 0.4) is 0 Å². The summed E-state index contributed by atoms with van der Waals surface area (Å²) in [5, 5.41) is 8.88. The summed E-state index contributed by atoms with van der Waals surface area (Å²) in [6.07, 6.45) is -3.56. The van der Waals surface area contributed by atoms with E-state index in [1.54, 1.807) is 4.90 Å². The molecule has 1 fully saturated rings. The van der Waals surface area contributed by atoms with Gasteiger partial charge in [-0.25, -0.2) is 4.79 Å². The minimum Gasteiger partial charge on any atom is -0.478 e. The number of aromatic carboxylic acids is 1. The second-order valence-corrected chi connectivity index (χ2v) is 5.39. The molecule has 4 nitrogen and oxygen atoms in total. The SMILES string of the molecule is CC(=O)N1CCC(c2ccc(C(=O)O)c(C(F)(F)F)c2)CC1. The Balaban J connectivity index is 2.27. The van der Waals surface area contributed by atoms with Gasteiger partial charge in [0, 0.05) is 20.0 Å². The summed E-state index contributed by atoms with van der Waals surface area (Å²) in [5.74, 6) is -1.74. The van der Waals surface area contributed by atoms with Crippen LogP contribution in [0.5, 0.6) is 0 Å². The van der Waals surface area contributed by atoms with E-state index in [0.29, 0.717) is 31.5 Å². The van der Waals surface area contributed by atoms with Crippen LogP contribution in [0.1, 0.15) is 47.2 Å². The average Bonchev–Trinajstić information content (AvgIpc) is 2.45. The summed E-state index contributed by atoms with van der Waals surface area (Å²) in [6, 6.07) is 3.38. The number of likely N-dealkylation sites (tertiary alicyclic amines) is 1. The lowest BCUT2D eigenvalue weighted by molar-refractivity contribution is -0.138. The fourth-order valence-corrected chi connectivity index (χ4v) is 2.76. The molecule has 2 rings (SSSR count). The van der Waals surface area contributed by atoms with Crippen molar-refractivity contribution in [3.8, 4) is 0 Å². The largest absolute Gasteiger partial charge is 0.478 e. The minimum absolute atomic E-state index is 0.0457. The third-order valence-electron chi connectivity index (χ3n) is 3.99. The summed E-state index contributed by atoms with van der Waals surface area (Å²) in [4.78, 5) is 23.8. The molecule has 1 aromatic rings. The van der Waals surface area contributed by atoms with Gasteiger partial charge in [0.25, 0.3) is 0 Å². The molecular weight excluding hydrogens is 299 g/mol. The van der Waals surface area contributed by atoms with Crippen LogP contribution in [0.4, 0.5) is 13.2 Å². The minimum atomic E-state index is -4.70. The highest BCUT2D eigenvalue weighted by Crippen LogP contribution is 2.36. The molecule has 0 aromatic heterocycles. The molecule has 0 radical (unpaired) electrons. The zero-order valence-electron chi connectivity index (χ0n) is 12.0. The topological polar surface area (TPSA) is 57.6 Å². The molecule has 120 valence electrons. The van der Waals surface area contributed by atoms with E-state index in [0.717, 1.165) is 12.1 Å². The molecule has 0 saturated carbocycles. The van der Waals surface area contributed by atoms with Crippen molar-refractivity contribution in [2.75, 3.05) is 13.1 Å². The second kappa shape index (κ2) is 5.98. The standard InChI is InChI=1S/C15H16F3NO3/c1-9(20)19-6-4-10(5-7-19)11-2-3-12(14(21)22)13(8-11)15(16,17)18/h2-3,8,10H,4-7H2,1H3,(H,21,22). The third-order valence-corrected chi connectivity index (χ3v) is 3.99. The van der Waals surface area contributed by atoms with Gasteiger partial charge in [-0.15, -0.1) is 0 Å². The molecule has 22 heavy (non-hydrogen) atoms. The van der Waals surface area contributed by atoms with Gasteiger partial charge in [0.05, 0.1) is 11.1 Å². The Labute approximate surface area is 125 Å². The number of carboxylic acids is 1. The van der Waals surface area contributed by atoms with Crippen molar-refractivity contribution in [1.29, 1.82) is 0 Å². The zero-order chi connectivity index (χ0) is 16.5. The first kappa shape index (κ1) is 16.3. The van der Waals surface area contributed by atoms with Gasteiger partial charge in [-0.2, -0.15) is 13.2 Å². The van der Waals surface area contributed by atoms with Gasteiger partial charge in [-0.3, -0.25) is 4.79 Å². The number of benzene rings is 1. The van der Waals surface area contributed by atoms with Gasteiger partial charge in [0.1, 0.15) is 0 Å². The molecule has 1 N–H and O–H groups in total. The molecule has 1 amide bonds. The van der Waals surface area contributed by atoms with E-state index in [1.165, 1.54) is 13.0 Å². The number of rotatable bonds is 2. The Morgan fingerprint density at radius 3 is 2.27 bits per heavy atom. The van der Waals surface area contributed by atoms with E-state index < -0.39 is 23.3 Å². The number of amides is 1. The van der Waals surface area contributed by atoms with Gasteiger partial charge in [0.2, 0.25) is 5.91 Å². The van der Waals surface area contributed by atoms with Crippen LogP contribution >= 0.6 is 0 Å². The molecule has 0 bridgehead atoms. The van der Waals surface area contributed by atoms with Crippen molar-refractivity contribution in [2.24, 2.45) is 0 Å². The van der Waals surface area contributed by atoms with Crippen molar-refractivity contribution < 1.29 is 27.9 Å². The normalized spacial score (nSPS) is 16.6. The van der Waals surface area contributed by atoms with E-state index in [-0.39, 0.29) is 11.8 Å². The highest BCUT2D eigenvalue weighted by molar-refractivity contribution is 5.89. The predicted molar refractivity (Wildman–Crippen MR) is 72.6 cm³/mol. The number of halogens is 3. The number of nitrogens with zero attached hydrogens (tertiary/aromatic N) is 1.